The predicted octanol–water partition coefficient (Wildman–Crippen LogP) is 5.48. The first-order valence-corrected chi connectivity index (χ1v) is 14.6. The number of amides is 1. The summed E-state index contributed by atoms with van der Waals surface area (Å²) in [6.07, 6.45) is 2.91. The molecule has 0 aliphatic heterocycles. The van der Waals surface area contributed by atoms with Crippen molar-refractivity contribution in [3.63, 3.8) is 0 Å². The van der Waals surface area contributed by atoms with Crippen LogP contribution in [0.25, 0.3) is 11.1 Å². The highest BCUT2D eigenvalue weighted by Gasteiger charge is 2.28. The van der Waals surface area contributed by atoms with E-state index in [-0.39, 0.29) is 28.7 Å². The number of imidazole rings is 1. The first-order valence-electron chi connectivity index (χ1n) is 12.3. The minimum atomic E-state index is -4.33. The Morgan fingerprint density at radius 3 is 2.47 bits per heavy atom. The number of carbonyl (C=O) groups excluding carboxylic acids is 1. The fourth-order valence-corrected chi connectivity index (χ4v) is 6.70. The second-order valence-electron chi connectivity index (χ2n) is 11.4. The number of hydrogen-bond acceptors (Lipinski definition) is 7. The van der Waals surface area contributed by atoms with Gasteiger partial charge in [0.1, 0.15) is 22.5 Å². The maximum Gasteiger partial charge on any atom is 0.421 e. The van der Waals surface area contributed by atoms with Crippen molar-refractivity contribution in [2.75, 3.05) is 6.61 Å². The van der Waals surface area contributed by atoms with Crippen molar-refractivity contribution in [3.8, 4) is 11.1 Å². The number of aromatic nitrogens is 2. The zero-order chi connectivity index (χ0) is 28.5. The molecule has 208 valence electrons. The molecule has 1 amide bonds. The molecule has 0 aliphatic carbocycles. The third-order valence-corrected chi connectivity index (χ3v) is 8.47. The fourth-order valence-electron chi connectivity index (χ4n) is 3.86. The number of nitrogens with zero attached hydrogens (tertiary/aromatic N) is 2. The summed E-state index contributed by atoms with van der Waals surface area (Å²) in [5.41, 5.74) is -0.411. The van der Waals surface area contributed by atoms with E-state index < -0.39 is 27.5 Å². The van der Waals surface area contributed by atoms with Gasteiger partial charge in [-0.05, 0) is 43.9 Å². The molecule has 2 aromatic heterocycles. The molecule has 3 aromatic rings. The van der Waals surface area contributed by atoms with E-state index in [4.69, 9.17) is 4.74 Å². The van der Waals surface area contributed by atoms with E-state index in [2.05, 4.69) is 4.98 Å². The highest BCUT2D eigenvalue weighted by molar-refractivity contribution is 7.92. The molecule has 0 unspecified atom stereocenters. The zero-order valence-electron chi connectivity index (χ0n) is 22.8. The van der Waals surface area contributed by atoms with Gasteiger partial charge in [-0.2, -0.15) is 0 Å². The van der Waals surface area contributed by atoms with Gasteiger partial charge in [-0.15, -0.1) is 11.3 Å². The van der Waals surface area contributed by atoms with Gasteiger partial charge < -0.3 is 14.4 Å². The quantitative estimate of drug-likeness (QED) is 0.356. The maximum absolute atomic E-state index is 15.3. The average molecular weight is 566 g/mol. The molecule has 0 saturated carbocycles. The lowest BCUT2D eigenvalue weighted by atomic mass is 9.95. The monoisotopic (exact) mass is 565 g/mol. The van der Waals surface area contributed by atoms with Crippen molar-refractivity contribution < 1.29 is 27.4 Å². The van der Waals surface area contributed by atoms with Crippen molar-refractivity contribution in [1.82, 2.24) is 14.3 Å². The van der Waals surface area contributed by atoms with Gasteiger partial charge in [0, 0.05) is 33.8 Å². The molecule has 3 rings (SSSR count). The summed E-state index contributed by atoms with van der Waals surface area (Å²) in [5, 5.41) is 9.75. The van der Waals surface area contributed by atoms with Gasteiger partial charge in [0.25, 0.3) is 10.0 Å². The van der Waals surface area contributed by atoms with E-state index >= 15 is 4.39 Å². The van der Waals surface area contributed by atoms with Crippen LogP contribution in [0.1, 0.15) is 64.7 Å². The second-order valence-corrected chi connectivity index (χ2v) is 14.5. The highest BCUT2D eigenvalue weighted by Crippen LogP contribution is 2.37. The summed E-state index contributed by atoms with van der Waals surface area (Å²) in [6, 6.07) is 6.36. The lowest BCUT2D eigenvalue weighted by molar-refractivity contribution is 0.00835. The molecule has 11 heteroatoms. The fraction of sp³-hybridized carbons (Fsp3) is 0.481. The number of carbonyl (C=O) groups is 1. The number of sulfonamides is 1. The number of hydrogen-bond donors (Lipinski definition) is 2. The Bertz CT molecular complexity index is 1400. The van der Waals surface area contributed by atoms with Crippen LogP contribution < -0.4 is 4.72 Å². The first kappa shape index (κ1) is 29.8. The molecule has 2 N–H and O–H groups in total. The summed E-state index contributed by atoms with van der Waals surface area (Å²) in [6.45, 7) is 12.9. The van der Waals surface area contributed by atoms with Crippen LogP contribution >= 0.6 is 11.3 Å². The average Bonchev–Trinajstić information content (AvgIpc) is 3.40. The van der Waals surface area contributed by atoms with Gasteiger partial charge in [-0.1, -0.05) is 46.8 Å². The second kappa shape index (κ2) is 11.2. The van der Waals surface area contributed by atoms with Gasteiger partial charge in [0.2, 0.25) is 0 Å². The summed E-state index contributed by atoms with van der Waals surface area (Å²) < 4.78 is 50.3. The van der Waals surface area contributed by atoms with Crippen LogP contribution in [0.15, 0.2) is 40.9 Å². The molecule has 38 heavy (non-hydrogen) atoms. The topological polar surface area (TPSA) is 111 Å². The molecule has 0 atom stereocenters. The van der Waals surface area contributed by atoms with Crippen LogP contribution in [0.2, 0.25) is 0 Å². The lowest BCUT2D eigenvalue weighted by Crippen LogP contribution is -2.35. The van der Waals surface area contributed by atoms with Crippen molar-refractivity contribution >= 4 is 27.5 Å². The Balaban J connectivity index is 1.95. The minimum absolute atomic E-state index is 0.106. The molecule has 0 aliphatic rings. The van der Waals surface area contributed by atoms with Crippen molar-refractivity contribution in [2.24, 2.45) is 5.92 Å². The van der Waals surface area contributed by atoms with E-state index in [1.165, 1.54) is 19.9 Å². The predicted molar refractivity (Wildman–Crippen MR) is 146 cm³/mol. The molecule has 1 aromatic carbocycles. The highest BCUT2D eigenvalue weighted by atomic mass is 32.2. The Morgan fingerprint density at radius 2 is 1.89 bits per heavy atom. The van der Waals surface area contributed by atoms with Crippen molar-refractivity contribution in [2.45, 2.75) is 76.7 Å². The third kappa shape index (κ3) is 7.64. The molecule has 0 radical (unpaired) electrons. The first-order chi connectivity index (χ1) is 17.5. The molecule has 0 saturated heterocycles. The molecule has 0 spiro atoms. The summed E-state index contributed by atoms with van der Waals surface area (Å²) in [7, 11) is -4.33. The molecule has 0 bridgehead atoms. The van der Waals surface area contributed by atoms with Gasteiger partial charge in [-0.3, -0.25) is 0 Å². The number of nitrogens with one attached hydrogen (secondary N) is 1. The number of benzene rings is 1. The number of rotatable bonds is 9. The van der Waals surface area contributed by atoms with Crippen LogP contribution in [0, 0.1) is 11.7 Å². The largest absolute Gasteiger partial charge is 0.446 e. The van der Waals surface area contributed by atoms with E-state index in [1.807, 2.05) is 43.9 Å². The Labute approximate surface area is 227 Å². The summed E-state index contributed by atoms with van der Waals surface area (Å²) in [5.74, 6) is 0.606. The summed E-state index contributed by atoms with van der Waals surface area (Å²) >= 11 is 1.03. The molecule has 2 heterocycles. The van der Waals surface area contributed by atoms with Crippen LogP contribution in [0.3, 0.4) is 0 Å². The van der Waals surface area contributed by atoms with E-state index in [9.17, 15) is 18.3 Å². The Kier molecular flexibility index (Phi) is 8.74. The molecular weight excluding hydrogens is 529 g/mol. The zero-order valence-corrected chi connectivity index (χ0v) is 24.5. The third-order valence-electron chi connectivity index (χ3n) is 5.47. The van der Waals surface area contributed by atoms with Gasteiger partial charge in [0.15, 0.2) is 0 Å². The normalized spacial score (nSPS) is 12.7. The Morgan fingerprint density at radius 1 is 1.21 bits per heavy atom. The number of ether oxygens (including phenoxy) is 1. The number of thiophene rings is 1. The smallest absolute Gasteiger partial charge is 0.421 e. The van der Waals surface area contributed by atoms with E-state index in [1.54, 1.807) is 30.6 Å². The van der Waals surface area contributed by atoms with Crippen LogP contribution in [0.5, 0.6) is 0 Å². The van der Waals surface area contributed by atoms with Gasteiger partial charge >= 0.3 is 6.09 Å². The van der Waals surface area contributed by atoms with Crippen LogP contribution in [0.4, 0.5) is 9.18 Å². The number of aliphatic hydroxyl groups is 1. The number of halogens is 1. The molecule has 8 nitrogen and oxygen atoms in total. The van der Waals surface area contributed by atoms with Crippen LogP contribution in [-0.2, 0) is 33.1 Å². The van der Waals surface area contributed by atoms with Gasteiger partial charge in [-0.25, -0.2) is 27.3 Å². The summed E-state index contributed by atoms with van der Waals surface area (Å²) in [4.78, 5) is 17.4. The van der Waals surface area contributed by atoms with Crippen molar-refractivity contribution in [3.05, 3.63) is 58.7 Å². The van der Waals surface area contributed by atoms with Gasteiger partial charge in [0.05, 0.1) is 12.1 Å². The van der Waals surface area contributed by atoms with E-state index in [0.29, 0.717) is 23.1 Å². The SMILES string of the molecule is CC(C)Cc1cc(-c2ccc(Cn3ccnc3C(C)(C)C)c(F)c2)c(S(=O)(=O)NC(=O)OCC(C)(C)O)s1. The lowest BCUT2D eigenvalue weighted by Gasteiger charge is -2.20. The minimum Gasteiger partial charge on any atom is -0.446 e. The molecule has 0 fully saturated rings. The standard InChI is InChI=1S/C27H36FN3O5S2/c1-17(2)12-20-14-21(23(37-20)38(34,35)30-25(32)36-16-27(6,7)33)18-8-9-19(22(28)13-18)15-31-11-10-29-24(31)26(3,4)5/h8-11,13-14,17,33H,12,15-16H2,1-7H3,(H,30,32). The Hall–Kier alpha value is -2.76. The van der Waals surface area contributed by atoms with Crippen LogP contribution in [-0.4, -0.2) is 41.4 Å². The van der Waals surface area contributed by atoms with Crippen molar-refractivity contribution in [1.29, 1.82) is 0 Å². The maximum atomic E-state index is 15.3. The molecular formula is C27H36FN3O5S2. The van der Waals surface area contributed by atoms with E-state index in [0.717, 1.165) is 22.0 Å².